The van der Waals surface area contributed by atoms with E-state index in [4.69, 9.17) is 13.7 Å². The van der Waals surface area contributed by atoms with E-state index in [2.05, 4.69) is 20.4 Å². The summed E-state index contributed by atoms with van der Waals surface area (Å²) in [6.45, 7) is 4.22. The first-order chi connectivity index (χ1) is 13.6. The minimum Gasteiger partial charge on any atom is -0.494 e. The zero-order valence-corrected chi connectivity index (χ0v) is 15.8. The maximum atomic E-state index is 12.8. The van der Waals surface area contributed by atoms with Crippen LogP contribution in [0.5, 0.6) is 5.75 Å². The number of aromatic amines is 1. The Morgan fingerprint density at radius 1 is 1.29 bits per heavy atom. The highest BCUT2D eigenvalue weighted by Crippen LogP contribution is 2.30. The first kappa shape index (κ1) is 17.8. The molecular weight excluding hydrogens is 360 g/mol. The number of hydrogen-bond donors (Lipinski definition) is 2. The summed E-state index contributed by atoms with van der Waals surface area (Å²) in [5.74, 6) is 2.29. The summed E-state index contributed by atoms with van der Waals surface area (Å²) in [5, 5.41) is 6.87. The van der Waals surface area contributed by atoms with E-state index >= 15 is 0 Å². The highest BCUT2D eigenvalue weighted by molar-refractivity contribution is 6.06. The predicted molar refractivity (Wildman–Crippen MR) is 102 cm³/mol. The number of aromatic nitrogens is 3. The Bertz CT molecular complexity index is 1110. The van der Waals surface area contributed by atoms with E-state index < -0.39 is 0 Å². The molecule has 3 aromatic heterocycles. The summed E-state index contributed by atoms with van der Waals surface area (Å²) in [7, 11) is 1.57. The topological polar surface area (TPSA) is 106 Å². The molecule has 0 unspecified atom stereocenters. The van der Waals surface area contributed by atoms with Crippen molar-refractivity contribution in [1.82, 2.24) is 20.4 Å². The molecular formula is C20H20N4O4. The van der Waals surface area contributed by atoms with Crippen LogP contribution in [0.25, 0.3) is 22.6 Å². The number of fused-ring (bicyclic) bond motifs is 1. The second kappa shape index (κ2) is 7.22. The average Bonchev–Trinajstić information content (AvgIpc) is 3.42. The van der Waals surface area contributed by atoms with Crippen molar-refractivity contribution in [2.45, 2.75) is 20.3 Å². The van der Waals surface area contributed by atoms with Crippen LogP contribution in [-0.4, -0.2) is 34.7 Å². The zero-order valence-electron chi connectivity index (χ0n) is 15.8. The van der Waals surface area contributed by atoms with Gasteiger partial charge in [0.05, 0.1) is 24.6 Å². The number of carbonyl (C=O) groups is 1. The Labute approximate surface area is 160 Å². The smallest absolute Gasteiger partial charge is 0.253 e. The van der Waals surface area contributed by atoms with Crippen LogP contribution in [0.4, 0.5) is 0 Å². The van der Waals surface area contributed by atoms with Crippen LogP contribution in [0, 0.1) is 13.8 Å². The molecule has 3 heterocycles. The lowest BCUT2D eigenvalue weighted by atomic mass is 10.1. The number of furan rings is 1. The number of nitrogens with one attached hydrogen (secondary N) is 2. The summed E-state index contributed by atoms with van der Waals surface area (Å²) in [6.07, 6.45) is 2.21. The van der Waals surface area contributed by atoms with Gasteiger partial charge in [0, 0.05) is 12.1 Å². The number of aryl methyl sites for hydroxylation is 2. The molecule has 1 amide bonds. The van der Waals surface area contributed by atoms with Crippen LogP contribution < -0.4 is 10.1 Å². The first-order valence-corrected chi connectivity index (χ1v) is 8.89. The number of hydrogen-bond acceptors (Lipinski definition) is 6. The van der Waals surface area contributed by atoms with Crippen molar-refractivity contribution in [2.24, 2.45) is 0 Å². The second-order valence-electron chi connectivity index (χ2n) is 6.41. The Morgan fingerprint density at radius 2 is 2.14 bits per heavy atom. The standard InChI is InChI=1S/C20H20N4O4/c1-11-13(12(2)28-24-11)8-9-21-20(25)14-6-7-15(26-3)18-17(14)22-19(23-18)16-5-4-10-27-16/h4-7,10H,8-9H2,1-3H3,(H,21,25)(H,22,23). The molecule has 0 bridgehead atoms. The lowest BCUT2D eigenvalue weighted by molar-refractivity contribution is 0.0955. The largest absolute Gasteiger partial charge is 0.494 e. The van der Waals surface area contributed by atoms with E-state index in [0.29, 0.717) is 46.9 Å². The number of imidazole rings is 1. The summed E-state index contributed by atoms with van der Waals surface area (Å²) < 4.78 is 16.0. The van der Waals surface area contributed by atoms with Gasteiger partial charge in [-0.15, -0.1) is 0 Å². The normalized spacial score (nSPS) is 11.1. The van der Waals surface area contributed by atoms with Gasteiger partial charge in [-0.05, 0) is 44.5 Å². The maximum Gasteiger partial charge on any atom is 0.253 e. The van der Waals surface area contributed by atoms with Gasteiger partial charge >= 0.3 is 0 Å². The zero-order chi connectivity index (χ0) is 19.7. The molecule has 0 aliphatic heterocycles. The quantitative estimate of drug-likeness (QED) is 0.531. The monoisotopic (exact) mass is 380 g/mol. The van der Waals surface area contributed by atoms with Crippen LogP contribution in [-0.2, 0) is 6.42 Å². The number of H-pyrrole nitrogens is 1. The number of amides is 1. The highest BCUT2D eigenvalue weighted by Gasteiger charge is 2.19. The fourth-order valence-electron chi connectivity index (χ4n) is 3.21. The minimum atomic E-state index is -0.211. The molecule has 28 heavy (non-hydrogen) atoms. The van der Waals surface area contributed by atoms with Crippen molar-refractivity contribution in [1.29, 1.82) is 0 Å². The molecule has 1 aromatic carbocycles. The third kappa shape index (κ3) is 3.13. The van der Waals surface area contributed by atoms with Crippen molar-refractivity contribution in [3.8, 4) is 17.3 Å². The third-order valence-corrected chi connectivity index (χ3v) is 4.67. The van der Waals surface area contributed by atoms with Crippen molar-refractivity contribution >= 4 is 16.9 Å². The van der Waals surface area contributed by atoms with Gasteiger partial charge in [0.2, 0.25) is 0 Å². The van der Waals surface area contributed by atoms with Crippen LogP contribution in [0.1, 0.15) is 27.4 Å². The molecule has 8 heteroatoms. The molecule has 4 aromatic rings. The number of ether oxygens (including phenoxy) is 1. The van der Waals surface area contributed by atoms with E-state index in [1.807, 2.05) is 13.8 Å². The van der Waals surface area contributed by atoms with Crippen molar-refractivity contribution in [3.63, 3.8) is 0 Å². The van der Waals surface area contributed by atoms with E-state index in [9.17, 15) is 4.79 Å². The number of nitrogens with zero attached hydrogens (tertiary/aromatic N) is 2. The van der Waals surface area contributed by atoms with Crippen LogP contribution >= 0.6 is 0 Å². The molecule has 0 fully saturated rings. The van der Waals surface area contributed by atoms with E-state index in [1.165, 1.54) is 0 Å². The van der Waals surface area contributed by atoms with E-state index in [1.54, 1.807) is 37.6 Å². The van der Waals surface area contributed by atoms with Gasteiger partial charge in [-0.25, -0.2) is 4.98 Å². The highest BCUT2D eigenvalue weighted by atomic mass is 16.5. The fraction of sp³-hybridized carbons (Fsp3) is 0.250. The Morgan fingerprint density at radius 3 is 2.82 bits per heavy atom. The lowest BCUT2D eigenvalue weighted by Crippen LogP contribution is -2.26. The molecule has 2 N–H and O–H groups in total. The molecule has 0 spiro atoms. The SMILES string of the molecule is COc1ccc(C(=O)NCCc2c(C)noc2C)c2nc(-c3ccco3)[nH]c12. The predicted octanol–water partition coefficient (Wildman–Crippen LogP) is 3.41. The number of methoxy groups -OCH3 is 1. The van der Waals surface area contributed by atoms with Crippen LogP contribution in [0.15, 0.2) is 39.5 Å². The molecule has 0 saturated carbocycles. The molecule has 8 nitrogen and oxygen atoms in total. The van der Waals surface area contributed by atoms with Crippen molar-refractivity contribution < 1.29 is 18.5 Å². The lowest BCUT2D eigenvalue weighted by Gasteiger charge is -2.07. The summed E-state index contributed by atoms with van der Waals surface area (Å²) in [6, 6.07) is 7.03. The third-order valence-electron chi connectivity index (χ3n) is 4.67. The molecule has 0 saturated heterocycles. The fourth-order valence-corrected chi connectivity index (χ4v) is 3.21. The van der Waals surface area contributed by atoms with Gasteiger partial charge in [0.25, 0.3) is 5.91 Å². The Balaban J connectivity index is 1.59. The molecule has 0 aliphatic carbocycles. The minimum absolute atomic E-state index is 0.211. The average molecular weight is 380 g/mol. The molecule has 144 valence electrons. The van der Waals surface area contributed by atoms with Crippen molar-refractivity contribution in [3.05, 3.63) is 53.1 Å². The van der Waals surface area contributed by atoms with Gasteiger partial charge in [0.15, 0.2) is 11.6 Å². The Kier molecular flexibility index (Phi) is 4.60. The summed E-state index contributed by atoms with van der Waals surface area (Å²) in [4.78, 5) is 20.5. The van der Waals surface area contributed by atoms with Gasteiger partial charge in [-0.1, -0.05) is 5.16 Å². The molecule has 4 rings (SSSR count). The Hall–Kier alpha value is -3.55. The maximum absolute atomic E-state index is 12.8. The van der Waals surface area contributed by atoms with E-state index in [-0.39, 0.29) is 5.91 Å². The first-order valence-electron chi connectivity index (χ1n) is 8.89. The van der Waals surface area contributed by atoms with Crippen LogP contribution in [0.3, 0.4) is 0 Å². The van der Waals surface area contributed by atoms with Gasteiger partial charge in [-0.2, -0.15) is 0 Å². The number of rotatable bonds is 6. The number of carbonyl (C=O) groups excluding carboxylic acids is 1. The second-order valence-corrected chi connectivity index (χ2v) is 6.41. The molecule has 0 atom stereocenters. The van der Waals surface area contributed by atoms with E-state index in [0.717, 1.165) is 17.0 Å². The summed E-state index contributed by atoms with van der Waals surface area (Å²) >= 11 is 0. The van der Waals surface area contributed by atoms with Gasteiger partial charge < -0.3 is 24.0 Å². The summed E-state index contributed by atoms with van der Waals surface area (Å²) in [5.41, 5.74) is 3.49. The van der Waals surface area contributed by atoms with Crippen molar-refractivity contribution in [2.75, 3.05) is 13.7 Å². The molecule has 0 aliphatic rings. The van der Waals surface area contributed by atoms with Gasteiger partial charge in [-0.3, -0.25) is 4.79 Å². The van der Waals surface area contributed by atoms with Gasteiger partial charge in [0.1, 0.15) is 22.5 Å². The van der Waals surface area contributed by atoms with Crippen LogP contribution in [0.2, 0.25) is 0 Å². The molecule has 0 radical (unpaired) electrons. The number of benzene rings is 1.